The average molecular weight is 277 g/mol. The predicted octanol–water partition coefficient (Wildman–Crippen LogP) is 1.66. The van der Waals surface area contributed by atoms with Gasteiger partial charge in [-0.2, -0.15) is 0 Å². The molecule has 3 nitrogen and oxygen atoms in total. The van der Waals surface area contributed by atoms with Gasteiger partial charge >= 0.3 is 0 Å². The zero-order valence-corrected chi connectivity index (χ0v) is 11.4. The molecule has 1 aromatic carbocycles. The molecule has 0 aliphatic rings. The number of sulfone groups is 1. The Labute approximate surface area is 106 Å². The fourth-order valence-corrected chi connectivity index (χ4v) is 2.10. The van der Waals surface area contributed by atoms with Gasteiger partial charge in [-0.05, 0) is 32.4 Å². The van der Waals surface area contributed by atoms with E-state index in [-0.39, 0.29) is 12.0 Å². The van der Waals surface area contributed by atoms with Crippen molar-refractivity contribution in [3.63, 3.8) is 0 Å². The van der Waals surface area contributed by atoms with Gasteiger partial charge < -0.3 is 5.73 Å². The summed E-state index contributed by atoms with van der Waals surface area (Å²) in [5.41, 5.74) is 5.62. The fraction of sp³-hybridized carbons (Fsp3) is 0.500. The second kappa shape index (κ2) is 4.93. The molecule has 0 bridgehead atoms. The molecule has 1 rings (SSSR count). The SMILES string of the molecule is CC(C)(C(N)Cc1c(F)cccc1F)S(C)(=O)=O. The molecule has 0 heterocycles. The lowest BCUT2D eigenvalue weighted by atomic mass is 9.96. The molecule has 1 aromatic rings. The van der Waals surface area contributed by atoms with E-state index in [1.54, 1.807) is 0 Å². The van der Waals surface area contributed by atoms with E-state index in [1.165, 1.54) is 19.9 Å². The molecule has 0 saturated heterocycles. The first kappa shape index (κ1) is 15.0. The van der Waals surface area contributed by atoms with Crippen molar-refractivity contribution in [2.75, 3.05) is 6.26 Å². The summed E-state index contributed by atoms with van der Waals surface area (Å²) in [6, 6.07) is 2.61. The number of nitrogens with two attached hydrogens (primary N) is 1. The summed E-state index contributed by atoms with van der Waals surface area (Å²) in [5, 5.41) is 0. The molecular weight excluding hydrogens is 260 g/mol. The molecule has 1 atom stereocenters. The molecule has 0 aromatic heterocycles. The van der Waals surface area contributed by atoms with Crippen molar-refractivity contribution in [3.8, 4) is 0 Å². The van der Waals surface area contributed by atoms with E-state index in [9.17, 15) is 17.2 Å². The maximum atomic E-state index is 13.5. The highest BCUT2D eigenvalue weighted by atomic mass is 32.2. The summed E-state index contributed by atoms with van der Waals surface area (Å²) in [7, 11) is -3.42. The Morgan fingerprint density at radius 1 is 1.28 bits per heavy atom. The third kappa shape index (κ3) is 2.87. The Morgan fingerprint density at radius 3 is 2.11 bits per heavy atom. The highest BCUT2D eigenvalue weighted by molar-refractivity contribution is 7.92. The molecule has 6 heteroatoms. The molecule has 0 fully saturated rings. The quantitative estimate of drug-likeness (QED) is 0.910. The summed E-state index contributed by atoms with van der Waals surface area (Å²) >= 11 is 0. The van der Waals surface area contributed by atoms with Crippen LogP contribution in [0.2, 0.25) is 0 Å². The fourth-order valence-electron chi connectivity index (χ4n) is 1.47. The average Bonchev–Trinajstić information content (AvgIpc) is 2.21. The van der Waals surface area contributed by atoms with Gasteiger partial charge in [0, 0.05) is 17.9 Å². The van der Waals surface area contributed by atoms with E-state index in [4.69, 9.17) is 5.73 Å². The molecule has 1 unspecified atom stereocenters. The Bertz CT molecular complexity index is 521. The van der Waals surface area contributed by atoms with Crippen LogP contribution >= 0.6 is 0 Å². The summed E-state index contributed by atoms with van der Waals surface area (Å²) in [6.45, 7) is 2.90. The molecule has 18 heavy (non-hydrogen) atoms. The van der Waals surface area contributed by atoms with E-state index in [2.05, 4.69) is 0 Å². The van der Waals surface area contributed by atoms with E-state index in [0.717, 1.165) is 18.4 Å². The lowest BCUT2D eigenvalue weighted by Gasteiger charge is -2.29. The minimum atomic E-state index is -3.42. The monoisotopic (exact) mass is 277 g/mol. The van der Waals surface area contributed by atoms with Gasteiger partial charge in [0.1, 0.15) is 11.6 Å². The van der Waals surface area contributed by atoms with Crippen molar-refractivity contribution in [1.29, 1.82) is 0 Å². The number of hydrogen-bond donors (Lipinski definition) is 1. The molecule has 0 aliphatic heterocycles. The van der Waals surface area contributed by atoms with Gasteiger partial charge in [0.15, 0.2) is 9.84 Å². The molecule has 0 amide bonds. The van der Waals surface area contributed by atoms with E-state index in [0.29, 0.717) is 0 Å². The van der Waals surface area contributed by atoms with Gasteiger partial charge in [-0.25, -0.2) is 17.2 Å². The van der Waals surface area contributed by atoms with Crippen molar-refractivity contribution in [1.82, 2.24) is 0 Å². The Balaban J connectivity index is 3.06. The van der Waals surface area contributed by atoms with E-state index in [1.807, 2.05) is 0 Å². The summed E-state index contributed by atoms with van der Waals surface area (Å²) in [4.78, 5) is 0. The van der Waals surface area contributed by atoms with Crippen LogP contribution in [0.5, 0.6) is 0 Å². The number of rotatable bonds is 4. The Hall–Kier alpha value is -1.01. The molecular formula is C12H17F2NO2S. The normalized spacial score (nSPS) is 14.6. The summed E-state index contributed by atoms with van der Waals surface area (Å²) in [6.07, 6.45) is 0.892. The van der Waals surface area contributed by atoms with Crippen molar-refractivity contribution < 1.29 is 17.2 Å². The molecule has 0 saturated carbocycles. The number of benzene rings is 1. The van der Waals surface area contributed by atoms with Gasteiger partial charge in [0.05, 0.1) is 4.75 Å². The molecule has 102 valence electrons. The van der Waals surface area contributed by atoms with Crippen LogP contribution in [0.1, 0.15) is 19.4 Å². The Morgan fingerprint density at radius 2 is 1.72 bits per heavy atom. The zero-order valence-electron chi connectivity index (χ0n) is 10.6. The van der Waals surface area contributed by atoms with Crippen LogP contribution in [-0.4, -0.2) is 25.5 Å². The van der Waals surface area contributed by atoms with Crippen molar-refractivity contribution in [2.45, 2.75) is 31.1 Å². The minimum absolute atomic E-state index is 0.168. The van der Waals surface area contributed by atoms with Gasteiger partial charge in [-0.15, -0.1) is 0 Å². The smallest absolute Gasteiger partial charge is 0.154 e. The first-order valence-electron chi connectivity index (χ1n) is 5.45. The first-order chi connectivity index (χ1) is 8.07. The van der Waals surface area contributed by atoms with Crippen LogP contribution in [0.3, 0.4) is 0 Å². The Kier molecular flexibility index (Phi) is 4.12. The van der Waals surface area contributed by atoms with Crippen LogP contribution in [0, 0.1) is 11.6 Å². The highest BCUT2D eigenvalue weighted by Crippen LogP contribution is 2.23. The lowest BCUT2D eigenvalue weighted by molar-refractivity contribution is 0.463. The standard InChI is InChI=1S/C12H17F2NO2S/c1-12(2,18(3,16)17)11(15)7-8-9(13)5-4-6-10(8)14/h4-6,11H,7,15H2,1-3H3. The van der Waals surface area contributed by atoms with Crippen LogP contribution in [0.15, 0.2) is 18.2 Å². The van der Waals surface area contributed by atoms with Crippen LogP contribution in [0.4, 0.5) is 8.78 Å². The number of hydrogen-bond acceptors (Lipinski definition) is 3. The third-order valence-corrected chi connectivity index (χ3v) is 5.55. The molecule has 0 spiro atoms. The van der Waals surface area contributed by atoms with Gasteiger partial charge in [-0.3, -0.25) is 0 Å². The van der Waals surface area contributed by atoms with Crippen LogP contribution in [-0.2, 0) is 16.3 Å². The molecule has 0 radical (unpaired) electrons. The maximum Gasteiger partial charge on any atom is 0.154 e. The van der Waals surface area contributed by atoms with Gasteiger partial charge in [0.2, 0.25) is 0 Å². The minimum Gasteiger partial charge on any atom is -0.326 e. The largest absolute Gasteiger partial charge is 0.326 e. The maximum absolute atomic E-state index is 13.5. The zero-order chi connectivity index (χ0) is 14.1. The van der Waals surface area contributed by atoms with Crippen molar-refractivity contribution >= 4 is 9.84 Å². The lowest BCUT2D eigenvalue weighted by Crippen LogP contribution is -2.50. The van der Waals surface area contributed by atoms with Gasteiger partial charge in [-0.1, -0.05) is 6.07 Å². The van der Waals surface area contributed by atoms with Crippen LogP contribution in [0.25, 0.3) is 0 Å². The summed E-state index contributed by atoms with van der Waals surface area (Å²) < 4.78 is 48.8. The second-order valence-electron chi connectivity index (χ2n) is 4.89. The van der Waals surface area contributed by atoms with E-state index < -0.39 is 32.3 Å². The number of halogens is 2. The molecule has 2 N–H and O–H groups in total. The predicted molar refractivity (Wildman–Crippen MR) is 67.0 cm³/mol. The highest BCUT2D eigenvalue weighted by Gasteiger charge is 2.37. The first-order valence-corrected chi connectivity index (χ1v) is 7.34. The second-order valence-corrected chi connectivity index (χ2v) is 7.48. The van der Waals surface area contributed by atoms with E-state index >= 15 is 0 Å². The van der Waals surface area contributed by atoms with Gasteiger partial charge in [0.25, 0.3) is 0 Å². The van der Waals surface area contributed by atoms with Crippen molar-refractivity contribution in [2.24, 2.45) is 5.73 Å². The van der Waals surface area contributed by atoms with Crippen LogP contribution < -0.4 is 5.73 Å². The topological polar surface area (TPSA) is 60.2 Å². The van der Waals surface area contributed by atoms with Crippen molar-refractivity contribution in [3.05, 3.63) is 35.4 Å². The molecule has 0 aliphatic carbocycles. The third-order valence-electron chi connectivity index (χ3n) is 3.33. The summed E-state index contributed by atoms with van der Waals surface area (Å²) in [5.74, 6) is -1.43.